The number of hydrogen-bond acceptors (Lipinski definition) is 2. The molecule has 1 aromatic heterocycles. The van der Waals surface area contributed by atoms with Crippen LogP contribution in [-0.4, -0.2) is 16.4 Å². The Kier molecular flexibility index (Phi) is 4.34. The zero-order chi connectivity index (χ0) is 17.2. The lowest BCUT2D eigenvalue weighted by atomic mass is 9.99. The minimum Gasteiger partial charge on any atom is -0.347 e. The van der Waals surface area contributed by atoms with E-state index in [1.54, 1.807) is 0 Å². The highest BCUT2D eigenvalue weighted by atomic mass is 16.1. The van der Waals surface area contributed by atoms with Crippen LogP contribution in [0.15, 0.2) is 60.7 Å². The highest BCUT2D eigenvalue weighted by molar-refractivity contribution is 6.07. The van der Waals surface area contributed by atoms with Crippen molar-refractivity contribution in [2.75, 3.05) is 0 Å². The maximum Gasteiger partial charge on any atom is 0.252 e. The lowest BCUT2D eigenvalue weighted by molar-refractivity contribution is 0.0913. The van der Waals surface area contributed by atoms with Gasteiger partial charge in [-0.3, -0.25) is 4.79 Å². The van der Waals surface area contributed by atoms with Crippen molar-refractivity contribution in [2.45, 2.75) is 32.7 Å². The summed E-state index contributed by atoms with van der Waals surface area (Å²) in [5, 5.41) is 4.00. The van der Waals surface area contributed by atoms with Crippen molar-refractivity contribution in [2.24, 2.45) is 0 Å². The number of carbonyl (C=O) groups excluding carboxylic acids is 1. The van der Waals surface area contributed by atoms with E-state index in [0.717, 1.165) is 28.6 Å². The first-order valence-electron chi connectivity index (χ1n) is 8.28. The summed E-state index contributed by atoms with van der Waals surface area (Å²) in [6.07, 6.45) is 0.868. The summed E-state index contributed by atoms with van der Waals surface area (Å²) in [7, 11) is 0. The Balaban J connectivity index is 2.13. The van der Waals surface area contributed by atoms with Crippen molar-refractivity contribution in [1.82, 2.24) is 10.3 Å². The molecule has 0 radical (unpaired) electrons. The quantitative estimate of drug-likeness (QED) is 0.749. The summed E-state index contributed by atoms with van der Waals surface area (Å²) in [6, 6.07) is 19.6. The number of hydrogen-bond donors (Lipinski definition) is 1. The van der Waals surface area contributed by atoms with E-state index >= 15 is 0 Å². The molecule has 0 aliphatic heterocycles. The molecule has 0 saturated carbocycles. The van der Waals surface area contributed by atoms with Gasteiger partial charge in [0.2, 0.25) is 0 Å². The molecule has 3 aromatic rings. The molecule has 0 unspecified atom stereocenters. The predicted octanol–water partition coefficient (Wildman–Crippen LogP) is 4.82. The van der Waals surface area contributed by atoms with Gasteiger partial charge in [-0.05, 0) is 32.4 Å². The van der Waals surface area contributed by atoms with Crippen molar-refractivity contribution in [1.29, 1.82) is 0 Å². The van der Waals surface area contributed by atoms with E-state index in [2.05, 4.69) is 12.2 Å². The molecule has 0 atom stereocenters. The molecule has 3 nitrogen and oxygen atoms in total. The van der Waals surface area contributed by atoms with Gasteiger partial charge in [-0.2, -0.15) is 0 Å². The van der Waals surface area contributed by atoms with Gasteiger partial charge in [0.1, 0.15) is 0 Å². The number of nitrogens with one attached hydrogen (secondary N) is 1. The van der Waals surface area contributed by atoms with Gasteiger partial charge in [0, 0.05) is 16.5 Å². The van der Waals surface area contributed by atoms with Gasteiger partial charge in [-0.15, -0.1) is 0 Å². The summed E-state index contributed by atoms with van der Waals surface area (Å²) in [6.45, 7) is 6.14. The number of aromatic nitrogens is 1. The molecule has 0 bridgehead atoms. The van der Waals surface area contributed by atoms with E-state index in [1.165, 1.54) is 0 Å². The second kappa shape index (κ2) is 6.44. The third kappa shape index (κ3) is 3.30. The fraction of sp³-hybridized carbons (Fsp3) is 0.238. The van der Waals surface area contributed by atoms with Crippen LogP contribution in [-0.2, 0) is 0 Å². The normalized spacial score (nSPS) is 11.5. The number of nitrogens with zero attached hydrogens (tertiary/aromatic N) is 1. The van der Waals surface area contributed by atoms with E-state index in [4.69, 9.17) is 4.98 Å². The monoisotopic (exact) mass is 318 g/mol. The number of fused-ring (bicyclic) bond motifs is 1. The number of para-hydroxylation sites is 1. The van der Waals surface area contributed by atoms with Gasteiger partial charge in [0.05, 0.1) is 16.8 Å². The maximum atomic E-state index is 12.9. The Labute approximate surface area is 142 Å². The van der Waals surface area contributed by atoms with Crippen LogP contribution in [0.3, 0.4) is 0 Å². The molecule has 0 saturated heterocycles. The second-order valence-electron chi connectivity index (χ2n) is 6.63. The van der Waals surface area contributed by atoms with Crippen LogP contribution in [0.2, 0.25) is 0 Å². The Morgan fingerprint density at radius 1 is 1.04 bits per heavy atom. The van der Waals surface area contributed by atoms with Gasteiger partial charge in [0.15, 0.2) is 0 Å². The summed E-state index contributed by atoms with van der Waals surface area (Å²) in [4.78, 5) is 17.6. The topological polar surface area (TPSA) is 42.0 Å². The smallest absolute Gasteiger partial charge is 0.252 e. The molecule has 24 heavy (non-hydrogen) atoms. The molecule has 0 fully saturated rings. The largest absolute Gasteiger partial charge is 0.347 e. The van der Waals surface area contributed by atoms with Crippen LogP contribution in [0.4, 0.5) is 0 Å². The van der Waals surface area contributed by atoms with Crippen molar-refractivity contribution < 1.29 is 4.79 Å². The summed E-state index contributed by atoms with van der Waals surface area (Å²) in [5.74, 6) is -0.0577. The summed E-state index contributed by atoms with van der Waals surface area (Å²) < 4.78 is 0. The van der Waals surface area contributed by atoms with Crippen LogP contribution in [0.5, 0.6) is 0 Å². The van der Waals surface area contributed by atoms with Gasteiger partial charge in [0.25, 0.3) is 5.91 Å². The average molecular weight is 318 g/mol. The van der Waals surface area contributed by atoms with Crippen LogP contribution < -0.4 is 5.32 Å². The summed E-state index contributed by atoms with van der Waals surface area (Å²) >= 11 is 0. The van der Waals surface area contributed by atoms with E-state index in [1.807, 2.05) is 74.5 Å². The van der Waals surface area contributed by atoms with Crippen molar-refractivity contribution in [3.05, 3.63) is 66.2 Å². The first kappa shape index (κ1) is 16.2. The fourth-order valence-electron chi connectivity index (χ4n) is 2.58. The van der Waals surface area contributed by atoms with Crippen molar-refractivity contribution in [3.8, 4) is 11.3 Å². The Morgan fingerprint density at radius 2 is 1.71 bits per heavy atom. The van der Waals surface area contributed by atoms with Crippen LogP contribution >= 0.6 is 0 Å². The Bertz CT molecular complexity index is 869. The van der Waals surface area contributed by atoms with Gasteiger partial charge in [-0.25, -0.2) is 4.98 Å². The third-order valence-electron chi connectivity index (χ3n) is 4.37. The van der Waals surface area contributed by atoms with Crippen LogP contribution in [0, 0.1) is 0 Å². The average Bonchev–Trinajstić information content (AvgIpc) is 2.61. The number of amides is 1. The minimum absolute atomic E-state index is 0.0577. The minimum atomic E-state index is -0.242. The molecule has 2 aromatic carbocycles. The first-order chi connectivity index (χ1) is 11.5. The maximum absolute atomic E-state index is 12.9. The molecule has 0 aliphatic rings. The molecule has 3 heteroatoms. The molecule has 0 aliphatic carbocycles. The Hall–Kier alpha value is -2.68. The first-order valence-corrected chi connectivity index (χ1v) is 8.28. The van der Waals surface area contributed by atoms with Gasteiger partial charge < -0.3 is 5.32 Å². The Morgan fingerprint density at radius 3 is 2.42 bits per heavy atom. The molecule has 3 rings (SSSR count). The van der Waals surface area contributed by atoms with E-state index in [0.29, 0.717) is 5.56 Å². The molecular weight excluding hydrogens is 296 g/mol. The fourth-order valence-corrected chi connectivity index (χ4v) is 2.58. The number of benzene rings is 2. The molecule has 1 heterocycles. The van der Waals surface area contributed by atoms with E-state index in [-0.39, 0.29) is 11.4 Å². The van der Waals surface area contributed by atoms with Crippen molar-refractivity contribution >= 4 is 16.8 Å². The van der Waals surface area contributed by atoms with Crippen LogP contribution in [0.1, 0.15) is 37.6 Å². The second-order valence-corrected chi connectivity index (χ2v) is 6.63. The molecule has 1 amide bonds. The van der Waals surface area contributed by atoms with Gasteiger partial charge >= 0.3 is 0 Å². The molecule has 122 valence electrons. The van der Waals surface area contributed by atoms with E-state index in [9.17, 15) is 4.79 Å². The zero-order valence-corrected chi connectivity index (χ0v) is 14.3. The predicted molar refractivity (Wildman–Crippen MR) is 99.0 cm³/mol. The lowest BCUT2D eigenvalue weighted by Crippen LogP contribution is -2.42. The summed E-state index contributed by atoms with van der Waals surface area (Å²) in [5.41, 5.74) is 3.08. The number of carbonyl (C=O) groups is 1. The zero-order valence-electron chi connectivity index (χ0n) is 14.3. The van der Waals surface area contributed by atoms with E-state index < -0.39 is 0 Å². The standard InChI is InChI=1S/C21H22N2O/c1-4-21(2,3)23-20(24)17-14-19(15-10-6-5-7-11-15)22-18-13-9-8-12-16(17)18/h5-14H,4H2,1-3H3,(H,23,24). The highest BCUT2D eigenvalue weighted by Gasteiger charge is 2.21. The lowest BCUT2D eigenvalue weighted by Gasteiger charge is -2.25. The molecule has 1 N–H and O–H groups in total. The highest BCUT2D eigenvalue weighted by Crippen LogP contribution is 2.25. The molecule has 0 spiro atoms. The third-order valence-corrected chi connectivity index (χ3v) is 4.37. The number of rotatable bonds is 4. The SMILES string of the molecule is CCC(C)(C)NC(=O)c1cc(-c2ccccc2)nc2ccccc12. The molecular formula is C21H22N2O. The van der Waals surface area contributed by atoms with Crippen LogP contribution in [0.25, 0.3) is 22.2 Å². The van der Waals surface area contributed by atoms with Crippen molar-refractivity contribution in [3.63, 3.8) is 0 Å². The number of pyridine rings is 1. The van der Waals surface area contributed by atoms with Gasteiger partial charge in [-0.1, -0.05) is 55.5 Å².